The first-order valence-electron chi connectivity index (χ1n) is 7.82. The Hall–Kier alpha value is -1.81. The van der Waals surface area contributed by atoms with E-state index in [9.17, 15) is 8.78 Å². The van der Waals surface area contributed by atoms with Crippen molar-refractivity contribution in [1.82, 2.24) is 10.6 Å². The summed E-state index contributed by atoms with van der Waals surface area (Å²) in [6.45, 7) is -1.97. The SMILES string of the molecule is CN=C(NCc1ccc(Cl)cc1)NCc1ccc(OC)c(OC(F)F)c1.I. The number of aliphatic imine (C=N–C) groups is 1. The van der Waals surface area contributed by atoms with Gasteiger partial charge in [-0.2, -0.15) is 8.78 Å². The molecule has 2 aromatic carbocycles. The molecular formula is C18H21ClF2IN3O2. The minimum absolute atomic E-state index is 0. The van der Waals surface area contributed by atoms with Crippen molar-refractivity contribution in [2.24, 2.45) is 4.99 Å². The zero-order chi connectivity index (χ0) is 18.9. The smallest absolute Gasteiger partial charge is 0.387 e. The first-order valence-corrected chi connectivity index (χ1v) is 8.20. The van der Waals surface area contributed by atoms with Gasteiger partial charge in [-0.1, -0.05) is 29.8 Å². The van der Waals surface area contributed by atoms with Crippen molar-refractivity contribution in [3.05, 3.63) is 58.6 Å². The second-order valence-electron chi connectivity index (χ2n) is 5.27. The predicted octanol–water partition coefficient (Wildman–Crippen LogP) is 4.43. The van der Waals surface area contributed by atoms with E-state index >= 15 is 0 Å². The monoisotopic (exact) mass is 511 g/mol. The standard InChI is InChI=1S/C18H20ClF2N3O2.HI/c1-22-18(23-10-12-3-6-14(19)7-4-12)24-11-13-5-8-15(25-2)16(9-13)26-17(20)21;/h3-9,17H,10-11H2,1-2H3,(H2,22,23,24);1H. The van der Waals surface area contributed by atoms with Crippen LogP contribution in [0.3, 0.4) is 0 Å². The van der Waals surface area contributed by atoms with Crippen molar-refractivity contribution in [2.45, 2.75) is 19.7 Å². The van der Waals surface area contributed by atoms with Crippen molar-refractivity contribution >= 4 is 41.5 Å². The summed E-state index contributed by atoms with van der Waals surface area (Å²) in [6, 6.07) is 12.3. The van der Waals surface area contributed by atoms with E-state index in [1.165, 1.54) is 13.2 Å². The molecule has 0 aromatic heterocycles. The molecule has 2 N–H and O–H groups in total. The highest BCUT2D eigenvalue weighted by atomic mass is 127. The van der Waals surface area contributed by atoms with Crippen molar-refractivity contribution in [2.75, 3.05) is 14.2 Å². The van der Waals surface area contributed by atoms with Crippen molar-refractivity contribution in [3.8, 4) is 11.5 Å². The number of guanidine groups is 1. The van der Waals surface area contributed by atoms with Gasteiger partial charge in [0.1, 0.15) is 0 Å². The van der Waals surface area contributed by atoms with Crippen LogP contribution in [0.5, 0.6) is 11.5 Å². The second kappa shape index (κ2) is 11.8. The molecule has 0 aliphatic carbocycles. The fraction of sp³-hybridized carbons (Fsp3) is 0.278. The van der Waals surface area contributed by atoms with Crippen molar-refractivity contribution < 1.29 is 18.3 Å². The molecule has 0 unspecified atom stereocenters. The highest BCUT2D eigenvalue weighted by Gasteiger charge is 2.11. The molecule has 9 heteroatoms. The maximum absolute atomic E-state index is 12.5. The van der Waals surface area contributed by atoms with Crippen LogP contribution in [0.15, 0.2) is 47.5 Å². The Kier molecular flexibility index (Phi) is 10.2. The molecule has 148 valence electrons. The molecule has 0 fully saturated rings. The maximum atomic E-state index is 12.5. The van der Waals surface area contributed by atoms with Crippen molar-refractivity contribution in [3.63, 3.8) is 0 Å². The van der Waals surface area contributed by atoms with Gasteiger partial charge in [-0.15, -0.1) is 24.0 Å². The lowest BCUT2D eigenvalue weighted by Gasteiger charge is -2.14. The topological polar surface area (TPSA) is 54.9 Å². The summed E-state index contributed by atoms with van der Waals surface area (Å²) >= 11 is 5.86. The average Bonchev–Trinajstić information content (AvgIpc) is 2.63. The summed E-state index contributed by atoms with van der Waals surface area (Å²) in [5.41, 5.74) is 1.80. The fourth-order valence-corrected chi connectivity index (χ4v) is 2.34. The Morgan fingerprint density at radius 3 is 2.19 bits per heavy atom. The van der Waals surface area contributed by atoms with Gasteiger partial charge in [0.05, 0.1) is 7.11 Å². The Balaban J connectivity index is 0.00000364. The molecule has 0 heterocycles. The van der Waals surface area contributed by atoms with E-state index in [1.807, 2.05) is 24.3 Å². The second-order valence-corrected chi connectivity index (χ2v) is 5.71. The van der Waals surface area contributed by atoms with Crippen LogP contribution < -0.4 is 20.1 Å². The predicted molar refractivity (Wildman–Crippen MR) is 114 cm³/mol. The van der Waals surface area contributed by atoms with Crippen LogP contribution >= 0.6 is 35.6 Å². The Morgan fingerprint density at radius 1 is 1.04 bits per heavy atom. The molecular weight excluding hydrogens is 491 g/mol. The lowest BCUT2D eigenvalue weighted by Crippen LogP contribution is -2.36. The normalized spacial score (nSPS) is 11.0. The molecule has 27 heavy (non-hydrogen) atoms. The van der Waals surface area contributed by atoms with Crippen LogP contribution in [0, 0.1) is 0 Å². The number of hydrogen-bond acceptors (Lipinski definition) is 3. The van der Waals surface area contributed by atoms with Gasteiger partial charge >= 0.3 is 6.61 Å². The molecule has 0 atom stereocenters. The van der Waals surface area contributed by atoms with E-state index in [0.29, 0.717) is 24.1 Å². The quantitative estimate of drug-likeness (QED) is 0.328. The molecule has 2 rings (SSSR count). The molecule has 0 aliphatic rings. The summed E-state index contributed by atoms with van der Waals surface area (Å²) < 4.78 is 34.5. The van der Waals surface area contributed by atoms with E-state index in [-0.39, 0.29) is 35.5 Å². The highest BCUT2D eigenvalue weighted by molar-refractivity contribution is 14.0. The molecule has 0 spiro atoms. The van der Waals surface area contributed by atoms with Gasteiger partial charge in [-0.05, 0) is 35.4 Å². The lowest BCUT2D eigenvalue weighted by molar-refractivity contribution is -0.0512. The van der Waals surface area contributed by atoms with Crippen LogP contribution in [0.4, 0.5) is 8.78 Å². The minimum atomic E-state index is -2.92. The average molecular weight is 512 g/mol. The summed E-state index contributed by atoms with van der Waals surface area (Å²) in [6.07, 6.45) is 0. The molecule has 2 aromatic rings. The Labute approximate surface area is 179 Å². The summed E-state index contributed by atoms with van der Waals surface area (Å²) in [4.78, 5) is 4.13. The number of hydrogen-bond donors (Lipinski definition) is 2. The van der Waals surface area contributed by atoms with E-state index < -0.39 is 6.61 Å². The number of benzene rings is 2. The molecule has 0 saturated carbocycles. The van der Waals surface area contributed by atoms with Gasteiger partial charge in [0, 0.05) is 25.2 Å². The van der Waals surface area contributed by atoms with E-state index in [2.05, 4.69) is 20.4 Å². The minimum Gasteiger partial charge on any atom is -0.493 e. The first kappa shape index (κ1) is 23.2. The highest BCUT2D eigenvalue weighted by Crippen LogP contribution is 2.29. The number of halogens is 4. The third-order valence-electron chi connectivity index (χ3n) is 3.50. The fourth-order valence-electron chi connectivity index (χ4n) is 2.21. The van der Waals surface area contributed by atoms with Gasteiger partial charge in [-0.3, -0.25) is 4.99 Å². The van der Waals surface area contributed by atoms with E-state index in [4.69, 9.17) is 16.3 Å². The number of ether oxygens (including phenoxy) is 2. The van der Waals surface area contributed by atoms with Crippen LogP contribution in [-0.4, -0.2) is 26.7 Å². The van der Waals surface area contributed by atoms with Crippen LogP contribution in [0.2, 0.25) is 5.02 Å². The molecule has 0 aliphatic heterocycles. The summed E-state index contributed by atoms with van der Waals surface area (Å²) in [5.74, 6) is 0.817. The number of methoxy groups -OCH3 is 1. The molecule has 5 nitrogen and oxygen atoms in total. The molecule has 0 amide bonds. The summed E-state index contributed by atoms with van der Waals surface area (Å²) in [5, 5.41) is 6.96. The van der Waals surface area contributed by atoms with Crippen LogP contribution in [0.1, 0.15) is 11.1 Å². The van der Waals surface area contributed by atoms with Gasteiger partial charge < -0.3 is 20.1 Å². The molecule has 0 saturated heterocycles. The van der Waals surface area contributed by atoms with E-state index in [1.54, 1.807) is 19.2 Å². The van der Waals surface area contributed by atoms with Crippen molar-refractivity contribution in [1.29, 1.82) is 0 Å². The number of nitrogens with zero attached hydrogens (tertiary/aromatic N) is 1. The van der Waals surface area contributed by atoms with Gasteiger partial charge in [-0.25, -0.2) is 0 Å². The van der Waals surface area contributed by atoms with Gasteiger partial charge in [0.2, 0.25) is 0 Å². The maximum Gasteiger partial charge on any atom is 0.387 e. The van der Waals surface area contributed by atoms with Crippen LogP contribution in [0.25, 0.3) is 0 Å². The lowest BCUT2D eigenvalue weighted by atomic mass is 10.2. The Bertz CT molecular complexity index is 746. The number of alkyl halides is 2. The van der Waals surface area contributed by atoms with Gasteiger partial charge in [0.15, 0.2) is 17.5 Å². The third kappa shape index (κ3) is 7.76. The number of rotatable bonds is 7. The number of nitrogens with one attached hydrogen (secondary N) is 2. The summed E-state index contributed by atoms with van der Waals surface area (Å²) in [7, 11) is 3.05. The third-order valence-corrected chi connectivity index (χ3v) is 3.75. The molecule has 0 radical (unpaired) electrons. The zero-order valence-corrected chi connectivity index (χ0v) is 17.9. The molecule has 0 bridgehead atoms. The zero-order valence-electron chi connectivity index (χ0n) is 14.8. The van der Waals surface area contributed by atoms with Gasteiger partial charge in [0.25, 0.3) is 0 Å². The first-order chi connectivity index (χ1) is 12.5. The Morgan fingerprint density at radius 2 is 1.63 bits per heavy atom. The van der Waals surface area contributed by atoms with E-state index in [0.717, 1.165) is 11.1 Å². The largest absolute Gasteiger partial charge is 0.493 e. The van der Waals surface area contributed by atoms with Crippen LogP contribution in [-0.2, 0) is 13.1 Å².